The molecule has 27 nitrogen and oxygen atoms in total. The highest BCUT2D eigenvalue weighted by Gasteiger charge is 2.54. The summed E-state index contributed by atoms with van der Waals surface area (Å²) >= 11 is 0. The van der Waals surface area contributed by atoms with E-state index in [1.54, 1.807) is 27.7 Å². The van der Waals surface area contributed by atoms with Gasteiger partial charge in [-0.3, -0.25) is 35.7 Å². The molecule has 0 unspecified atom stereocenters. The number of aryl methyl sites for hydroxylation is 4. The third-order valence-corrected chi connectivity index (χ3v) is 27.0. The molecule has 4 atom stereocenters. The Hall–Kier alpha value is -17.5. The highest BCUT2D eigenvalue weighted by atomic mass is 16.6. The number of nitrogens with one attached hydrogen (secondary N) is 4. The number of benzene rings is 12. The van der Waals surface area contributed by atoms with Gasteiger partial charge in [-0.05, 0) is 196 Å². The second-order valence-electron chi connectivity index (χ2n) is 36.5. The van der Waals surface area contributed by atoms with Gasteiger partial charge < -0.3 is 57.5 Å². The molecule has 0 aliphatic heterocycles. The molecular weight excluding hydrogens is 1820 g/mol. The summed E-state index contributed by atoms with van der Waals surface area (Å²) in [5.41, 5.74) is 19.3. The van der Waals surface area contributed by atoms with Gasteiger partial charge in [-0.1, -0.05) is 343 Å². The van der Waals surface area contributed by atoms with E-state index < -0.39 is 82.9 Å². The van der Waals surface area contributed by atoms with Crippen LogP contribution < -0.4 is 21.3 Å². The summed E-state index contributed by atoms with van der Waals surface area (Å²) in [4.78, 5) is 85.7. The highest BCUT2D eigenvalue weighted by Crippen LogP contribution is 2.55. The van der Waals surface area contributed by atoms with E-state index in [1.165, 1.54) is 0 Å². The number of ether oxygens (including phenoxy) is 4. The fraction of sp³-hybridized carbons (Fsp3) is 0.205. The molecule has 728 valence electrons. The molecule has 27 heteroatoms. The van der Waals surface area contributed by atoms with Crippen LogP contribution in [0, 0.1) is 27.7 Å². The Morgan fingerprint density at radius 2 is 0.576 bits per heavy atom. The monoisotopic (exact) mass is 1930 g/mol. The number of carbonyl (C=O) groups is 7. The lowest BCUT2D eigenvalue weighted by atomic mass is 9.88. The van der Waals surface area contributed by atoms with Gasteiger partial charge in [0.05, 0.1) is 27.4 Å². The molecule has 20 rings (SSSR count). The largest absolute Gasteiger partial charge is 0.512 e. The van der Waals surface area contributed by atoms with Crippen LogP contribution in [0.15, 0.2) is 346 Å². The molecule has 4 aliphatic carbocycles. The smallest absolute Gasteiger partial charge is 0.412 e. The average Bonchev–Trinajstić information content (AvgIpc) is 1.59. The molecule has 4 fully saturated rings. The van der Waals surface area contributed by atoms with Crippen molar-refractivity contribution in [3.05, 3.63) is 395 Å². The van der Waals surface area contributed by atoms with Crippen molar-refractivity contribution >= 4 is 65.0 Å². The molecule has 0 spiro atoms. The second-order valence-corrected chi connectivity index (χ2v) is 36.5. The zero-order valence-corrected chi connectivity index (χ0v) is 80.4. The summed E-state index contributed by atoms with van der Waals surface area (Å²) in [5, 5.41) is 66.4. The number of aliphatic carboxylic acids is 3. The Morgan fingerprint density at radius 3 is 0.896 bits per heavy atom. The maximum atomic E-state index is 12.6. The maximum Gasteiger partial charge on any atom is 0.412 e. The number of nitrogens with zero attached hydrogens (tertiary/aromatic N) is 4. The molecule has 16 aromatic rings. The molecule has 0 bridgehead atoms. The molecule has 8 N–H and O–H groups in total. The quantitative estimate of drug-likeness (QED) is 0.0167. The SMILES string of the molecule is C=C(O)C1(c2ccc(-c3ccc(-c4noc(C)c4NC(=O)O[C@@H](C)c4ccccc4)cc3)cc2)CC1.Cc1noc(-c2ccc(-c3cccc(C4(C(=O)O)CC4)c3)cc2)c1NC(=O)O[C@H](C)c1ccccc1.Cc1noc(-c2ccc(-c3ccccc3C3(C(=O)O)CC3)cc2)c1NC(=O)O[C@H](C)c1ccccc1.Cc1onc(-c2ccc(-c3cccc(C4(C(=O)O)CC4)c3)cc2)c1NC(=O)O[C@H](C)c1ccccc1. The van der Waals surface area contributed by atoms with Crippen LogP contribution in [0.5, 0.6) is 0 Å². The van der Waals surface area contributed by atoms with Crippen molar-refractivity contribution in [1.82, 2.24) is 20.6 Å². The summed E-state index contributed by atoms with van der Waals surface area (Å²) in [5.74, 6) is -0.275. The molecule has 0 radical (unpaired) electrons. The van der Waals surface area contributed by atoms with E-state index in [0.29, 0.717) is 107 Å². The van der Waals surface area contributed by atoms with Crippen LogP contribution in [0.3, 0.4) is 0 Å². The molecule has 4 heterocycles. The zero-order valence-electron chi connectivity index (χ0n) is 80.4. The molecule has 0 saturated heterocycles. The molecule has 4 saturated carbocycles. The Kier molecular flexibility index (Phi) is 28.8. The highest BCUT2D eigenvalue weighted by molar-refractivity contribution is 5.96. The normalized spacial score (nSPS) is 14.6. The fourth-order valence-corrected chi connectivity index (χ4v) is 17.7. The van der Waals surface area contributed by atoms with Crippen molar-refractivity contribution < 1.29 is 91.0 Å². The van der Waals surface area contributed by atoms with E-state index in [2.05, 4.69) is 72.7 Å². The first kappa shape index (κ1) is 98.1. The molecule has 4 aliphatic rings. The van der Waals surface area contributed by atoms with E-state index in [1.807, 2.05) is 319 Å². The van der Waals surface area contributed by atoms with E-state index in [4.69, 9.17) is 37.0 Å². The van der Waals surface area contributed by atoms with Crippen LogP contribution in [-0.2, 0) is 55.0 Å². The van der Waals surface area contributed by atoms with Gasteiger partial charge in [0.1, 0.15) is 69.9 Å². The first-order valence-electron chi connectivity index (χ1n) is 47.4. The standard InChI is InChI=1S/C30H28N2O4.3C29H26N2O5/c1-19(22-7-5-4-6-8-22)35-29(34)31-27-20(2)36-32-28(27)25-11-9-23(10-12-25)24-13-15-26(16-14-24)30(17-18-30)21(3)33;1-18-25(30-28(34)35-19(2)20-8-4-3-5-9-20)26(36-31-18)22-14-12-21(13-15-22)23-10-6-7-11-24(23)29(16-17-29)27(32)33;1-18-25(30-28(34)35-19(2)20-7-4-3-5-8-20)26(36-31-18)22-13-11-21(12-14-22)23-9-6-10-24(17-23)29(15-16-29)27(32)33;1-18(20-7-4-3-5-8-20)35-28(34)30-25-19(2)36-31-26(25)22-13-11-21(12-14-22)23-9-6-10-24(17-23)29(15-16-29)27(32)33/h4-16,19,33H,3,17-18H2,1-2H3,(H,31,34);3-15,19H,16-17H2,1-2H3,(H,30,34)(H,32,33);3-14,17,19H,15-16H2,1-2H3,(H,30,34)(H,32,33);3-14,17-18H,15-16H2,1-2H3,(H,30,34)(H,32,33)/t3*19-;18-/m0111/s1. The van der Waals surface area contributed by atoms with Gasteiger partial charge >= 0.3 is 42.3 Å². The number of aliphatic hydroxyl groups excluding tert-OH is 1. The lowest BCUT2D eigenvalue weighted by Gasteiger charge is -2.16. The lowest BCUT2D eigenvalue weighted by Crippen LogP contribution is -2.20. The summed E-state index contributed by atoms with van der Waals surface area (Å²) in [6.45, 7) is 18.0. The number of anilines is 4. The van der Waals surface area contributed by atoms with Crippen molar-refractivity contribution in [2.45, 2.75) is 153 Å². The Labute approximate surface area is 830 Å². The third-order valence-electron chi connectivity index (χ3n) is 27.0. The summed E-state index contributed by atoms with van der Waals surface area (Å²) in [6, 6.07) is 100. The second kappa shape index (κ2) is 42.3. The van der Waals surface area contributed by atoms with E-state index >= 15 is 0 Å². The van der Waals surface area contributed by atoms with E-state index in [0.717, 1.165) is 124 Å². The van der Waals surface area contributed by atoms with Crippen molar-refractivity contribution in [3.8, 4) is 89.7 Å². The predicted molar refractivity (Wildman–Crippen MR) is 547 cm³/mol. The predicted octanol–water partition coefficient (Wildman–Crippen LogP) is 28.0. The Morgan fingerprint density at radius 1 is 0.292 bits per heavy atom. The summed E-state index contributed by atoms with van der Waals surface area (Å²) in [6.07, 6.45) is 1.79. The minimum atomic E-state index is -0.800. The summed E-state index contributed by atoms with van der Waals surface area (Å²) in [7, 11) is 0. The zero-order chi connectivity index (χ0) is 101. The van der Waals surface area contributed by atoms with Gasteiger partial charge in [-0.15, -0.1) is 0 Å². The van der Waals surface area contributed by atoms with E-state index in [-0.39, 0.29) is 11.2 Å². The molecule has 12 aromatic carbocycles. The van der Waals surface area contributed by atoms with Crippen LogP contribution >= 0.6 is 0 Å². The molecule has 4 amide bonds. The van der Waals surface area contributed by atoms with Gasteiger partial charge in [0.15, 0.2) is 23.0 Å². The van der Waals surface area contributed by atoms with Gasteiger partial charge in [0, 0.05) is 22.3 Å². The Balaban J connectivity index is 0.000000132. The molecule has 144 heavy (non-hydrogen) atoms. The molecular formula is C117H106N8O19. The number of hydrogen-bond donors (Lipinski definition) is 8. The first-order valence-corrected chi connectivity index (χ1v) is 47.4. The van der Waals surface area contributed by atoms with Crippen molar-refractivity contribution in [1.29, 1.82) is 0 Å². The summed E-state index contributed by atoms with van der Waals surface area (Å²) < 4.78 is 44.0. The van der Waals surface area contributed by atoms with Gasteiger partial charge in [-0.25, -0.2) is 19.2 Å². The fourth-order valence-electron chi connectivity index (χ4n) is 17.7. The van der Waals surface area contributed by atoms with Crippen LogP contribution in [-0.4, -0.2) is 83.3 Å². The minimum Gasteiger partial charge on any atom is -0.512 e. The van der Waals surface area contributed by atoms with Crippen LogP contribution in [0.25, 0.3) is 89.7 Å². The average molecular weight is 1930 g/mol. The van der Waals surface area contributed by atoms with Crippen molar-refractivity contribution in [3.63, 3.8) is 0 Å². The van der Waals surface area contributed by atoms with Crippen molar-refractivity contribution in [2.24, 2.45) is 0 Å². The number of amides is 4. The maximum absolute atomic E-state index is 12.6. The lowest BCUT2D eigenvalue weighted by molar-refractivity contribution is -0.141. The number of allylic oxidation sites excluding steroid dienone is 1. The Bertz CT molecular complexity index is 7130. The molecule has 4 aromatic heterocycles. The number of carbonyl (C=O) groups excluding carboxylic acids is 4. The number of carboxylic acid groups (broad SMARTS) is 3. The number of aliphatic hydroxyl groups is 1. The van der Waals surface area contributed by atoms with Gasteiger partial charge in [0.25, 0.3) is 0 Å². The topological polar surface area (TPSA) is 390 Å². The number of aromatic nitrogens is 4. The van der Waals surface area contributed by atoms with Crippen LogP contribution in [0.4, 0.5) is 41.9 Å². The minimum absolute atomic E-state index is 0.241. The third kappa shape index (κ3) is 21.8. The number of hydrogen-bond acceptors (Lipinski definition) is 20. The number of rotatable bonds is 28. The van der Waals surface area contributed by atoms with Gasteiger partial charge in [0.2, 0.25) is 0 Å². The van der Waals surface area contributed by atoms with Gasteiger partial charge in [-0.2, -0.15) is 0 Å². The van der Waals surface area contributed by atoms with E-state index in [9.17, 15) is 54.0 Å². The van der Waals surface area contributed by atoms with Crippen LogP contribution in [0.1, 0.15) is 171 Å². The van der Waals surface area contributed by atoms with Crippen LogP contribution in [0.2, 0.25) is 0 Å². The first-order chi connectivity index (χ1) is 69.5. The number of carboxylic acids is 3. The van der Waals surface area contributed by atoms with Crippen molar-refractivity contribution in [2.75, 3.05) is 21.3 Å².